The van der Waals surface area contributed by atoms with Crippen LogP contribution in [0.4, 0.5) is 19.0 Å². The Kier molecular flexibility index (Phi) is 4.21. The number of nitrogens with zero attached hydrogens (tertiary/aromatic N) is 3. The van der Waals surface area contributed by atoms with Crippen LogP contribution in [0.2, 0.25) is 0 Å². The number of pyridine rings is 1. The van der Waals surface area contributed by atoms with Crippen molar-refractivity contribution in [1.82, 2.24) is 15.2 Å². The molecule has 27 heavy (non-hydrogen) atoms. The third kappa shape index (κ3) is 2.98. The molecule has 0 spiro atoms. The Morgan fingerprint density at radius 2 is 2.15 bits per heavy atom. The summed E-state index contributed by atoms with van der Waals surface area (Å²) in [4.78, 5) is 17.5. The first-order valence-electron chi connectivity index (χ1n) is 8.26. The van der Waals surface area contributed by atoms with Gasteiger partial charge in [0.05, 0.1) is 30.6 Å². The monoisotopic (exact) mass is 376 g/mol. The van der Waals surface area contributed by atoms with E-state index in [0.717, 1.165) is 18.2 Å². The number of hydrogen-bond acceptors (Lipinski definition) is 5. The topological polar surface area (TPSA) is 71.1 Å². The van der Waals surface area contributed by atoms with Crippen molar-refractivity contribution in [2.24, 2.45) is 0 Å². The van der Waals surface area contributed by atoms with Gasteiger partial charge in [-0.15, -0.1) is 0 Å². The molecule has 1 fully saturated rings. The third-order valence-corrected chi connectivity index (χ3v) is 4.66. The number of anilines is 1. The minimum atomic E-state index is -1.24. The number of halogens is 3. The highest BCUT2D eigenvalue weighted by Crippen LogP contribution is 2.40. The van der Waals surface area contributed by atoms with Crippen LogP contribution in [-0.4, -0.2) is 41.0 Å². The van der Waals surface area contributed by atoms with Gasteiger partial charge in [0.2, 0.25) is 0 Å². The van der Waals surface area contributed by atoms with Crippen LogP contribution in [0.15, 0.2) is 30.5 Å². The zero-order valence-electron chi connectivity index (χ0n) is 14.2. The number of rotatable bonds is 3. The Morgan fingerprint density at radius 3 is 2.93 bits per heavy atom. The summed E-state index contributed by atoms with van der Waals surface area (Å²) in [6.07, 6.45) is 0.0989. The van der Waals surface area contributed by atoms with Crippen LogP contribution >= 0.6 is 0 Å². The van der Waals surface area contributed by atoms with E-state index in [9.17, 15) is 18.0 Å². The fourth-order valence-corrected chi connectivity index (χ4v) is 3.42. The highest BCUT2D eigenvalue weighted by Gasteiger charge is 2.37. The lowest BCUT2D eigenvalue weighted by atomic mass is 10.0. The molecule has 0 aliphatic carbocycles. The number of esters is 1. The molecule has 1 unspecified atom stereocenters. The van der Waals surface area contributed by atoms with Gasteiger partial charge in [0, 0.05) is 18.2 Å². The van der Waals surface area contributed by atoms with Gasteiger partial charge in [-0.05, 0) is 24.3 Å². The van der Waals surface area contributed by atoms with E-state index in [1.807, 2.05) is 0 Å². The van der Waals surface area contributed by atoms with Crippen molar-refractivity contribution in [2.75, 3.05) is 18.6 Å². The van der Waals surface area contributed by atoms with E-state index < -0.39 is 29.8 Å². The molecule has 2 atom stereocenters. The quantitative estimate of drug-likeness (QED) is 0.710. The zero-order chi connectivity index (χ0) is 19.1. The predicted molar refractivity (Wildman–Crippen MR) is 91.2 cm³/mol. The molecule has 0 bridgehead atoms. The zero-order valence-corrected chi connectivity index (χ0v) is 14.2. The Hall–Kier alpha value is -3.10. The second-order valence-corrected chi connectivity index (χ2v) is 6.33. The molecule has 140 valence electrons. The molecule has 1 aromatic carbocycles. The maximum Gasteiger partial charge on any atom is 0.339 e. The summed E-state index contributed by atoms with van der Waals surface area (Å²) in [5.41, 5.74) is 0.652. The summed E-state index contributed by atoms with van der Waals surface area (Å²) in [6, 6.07) is 3.90. The standard InChI is InChI=1S/C18H15F3N4O2/c1-27-18(26)9-4-13-16(22-7-9)23-24-17(13)25-8-11(20)6-15(25)12-5-10(19)2-3-14(12)21/h2-5,7,11,15H,6,8H2,1H3,(H,22,23,24)/t11-,15?/m0/s1. The normalized spacial score (nSPS) is 19.6. The number of aromatic nitrogens is 3. The van der Waals surface area contributed by atoms with Crippen molar-refractivity contribution in [1.29, 1.82) is 0 Å². The fraction of sp³-hybridized carbons (Fsp3) is 0.278. The highest BCUT2D eigenvalue weighted by molar-refractivity contribution is 5.96. The van der Waals surface area contributed by atoms with E-state index in [0.29, 0.717) is 16.9 Å². The summed E-state index contributed by atoms with van der Waals surface area (Å²) < 4.78 is 46.8. The van der Waals surface area contributed by atoms with E-state index in [1.165, 1.54) is 19.4 Å². The molecule has 0 radical (unpaired) electrons. The average Bonchev–Trinajstić information content (AvgIpc) is 3.25. The molecular weight excluding hydrogens is 361 g/mol. The van der Waals surface area contributed by atoms with Crippen molar-refractivity contribution in [3.05, 3.63) is 53.2 Å². The Bertz CT molecular complexity index is 1020. The number of nitrogens with one attached hydrogen (secondary N) is 1. The summed E-state index contributed by atoms with van der Waals surface area (Å²) in [7, 11) is 1.25. The molecule has 1 saturated heterocycles. The van der Waals surface area contributed by atoms with E-state index in [1.54, 1.807) is 4.90 Å². The van der Waals surface area contributed by atoms with Gasteiger partial charge in [-0.25, -0.2) is 22.9 Å². The lowest BCUT2D eigenvalue weighted by Crippen LogP contribution is -2.25. The van der Waals surface area contributed by atoms with E-state index >= 15 is 0 Å². The first-order valence-corrected chi connectivity index (χ1v) is 8.26. The number of carbonyl (C=O) groups excluding carboxylic acids is 1. The number of H-pyrrole nitrogens is 1. The van der Waals surface area contributed by atoms with Crippen molar-refractivity contribution < 1.29 is 22.7 Å². The molecule has 0 saturated carbocycles. The molecule has 1 N–H and O–H groups in total. The maximum absolute atomic E-state index is 14.3. The van der Waals surface area contributed by atoms with Gasteiger partial charge in [0.25, 0.3) is 0 Å². The van der Waals surface area contributed by atoms with Gasteiger partial charge in [-0.3, -0.25) is 5.10 Å². The SMILES string of the molecule is COC(=O)c1cnc2[nH]nc(N3C[C@@H](F)CC3c3cc(F)ccc3F)c2c1. The van der Waals surface area contributed by atoms with E-state index in [2.05, 4.69) is 19.9 Å². The second-order valence-electron chi connectivity index (χ2n) is 6.33. The average molecular weight is 376 g/mol. The summed E-state index contributed by atoms with van der Waals surface area (Å²) >= 11 is 0. The molecule has 3 aromatic rings. The van der Waals surface area contributed by atoms with Gasteiger partial charge >= 0.3 is 5.97 Å². The number of benzene rings is 1. The van der Waals surface area contributed by atoms with Crippen LogP contribution in [0.1, 0.15) is 28.4 Å². The number of hydrogen-bond donors (Lipinski definition) is 1. The smallest absolute Gasteiger partial charge is 0.339 e. The van der Waals surface area contributed by atoms with Crippen molar-refractivity contribution in [3.63, 3.8) is 0 Å². The number of carbonyl (C=O) groups is 1. The van der Waals surface area contributed by atoms with Crippen LogP contribution in [0.25, 0.3) is 11.0 Å². The van der Waals surface area contributed by atoms with Crippen molar-refractivity contribution >= 4 is 22.8 Å². The largest absolute Gasteiger partial charge is 0.465 e. The van der Waals surface area contributed by atoms with Crippen molar-refractivity contribution in [3.8, 4) is 0 Å². The number of aromatic amines is 1. The molecule has 1 aliphatic rings. The van der Waals surface area contributed by atoms with Gasteiger partial charge in [-0.2, -0.15) is 5.10 Å². The Labute approximate surface area is 152 Å². The van der Waals surface area contributed by atoms with Crippen LogP contribution < -0.4 is 4.90 Å². The Balaban J connectivity index is 1.81. The van der Waals surface area contributed by atoms with Gasteiger partial charge in [0.15, 0.2) is 11.5 Å². The molecule has 4 rings (SSSR count). The number of alkyl halides is 1. The molecule has 6 nitrogen and oxygen atoms in total. The number of ether oxygens (including phenoxy) is 1. The molecule has 3 heterocycles. The van der Waals surface area contributed by atoms with Crippen LogP contribution in [0, 0.1) is 11.6 Å². The maximum atomic E-state index is 14.3. The third-order valence-electron chi connectivity index (χ3n) is 4.66. The van der Waals surface area contributed by atoms with Crippen molar-refractivity contribution in [2.45, 2.75) is 18.6 Å². The van der Waals surface area contributed by atoms with Gasteiger partial charge in [0.1, 0.15) is 17.8 Å². The predicted octanol–water partition coefficient (Wildman–Crippen LogP) is 3.31. The number of methoxy groups -OCH3 is 1. The minimum Gasteiger partial charge on any atom is -0.465 e. The van der Waals surface area contributed by atoms with Crippen LogP contribution in [0.3, 0.4) is 0 Å². The summed E-state index contributed by atoms with van der Waals surface area (Å²) in [6.45, 7) is -0.0387. The van der Waals surface area contributed by atoms with E-state index in [-0.39, 0.29) is 24.1 Å². The van der Waals surface area contributed by atoms with E-state index in [4.69, 9.17) is 0 Å². The van der Waals surface area contributed by atoms with Crippen LogP contribution in [-0.2, 0) is 4.74 Å². The molecule has 0 amide bonds. The molecule has 2 aromatic heterocycles. The number of fused-ring (bicyclic) bond motifs is 1. The van der Waals surface area contributed by atoms with Crippen LogP contribution in [0.5, 0.6) is 0 Å². The molecule has 1 aliphatic heterocycles. The second kappa shape index (κ2) is 6.57. The fourth-order valence-electron chi connectivity index (χ4n) is 3.42. The highest BCUT2D eigenvalue weighted by atomic mass is 19.1. The summed E-state index contributed by atoms with van der Waals surface area (Å²) in [5, 5.41) is 7.35. The first kappa shape index (κ1) is 17.3. The molecule has 9 heteroatoms. The minimum absolute atomic E-state index is 0.00114. The van der Waals surface area contributed by atoms with Gasteiger partial charge in [-0.1, -0.05) is 0 Å². The lowest BCUT2D eigenvalue weighted by molar-refractivity contribution is 0.0600. The molecular formula is C18H15F3N4O2. The first-order chi connectivity index (χ1) is 13.0. The van der Waals surface area contributed by atoms with Gasteiger partial charge < -0.3 is 9.64 Å². The summed E-state index contributed by atoms with van der Waals surface area (Å²) in [5.74, 6) is -1.48. The Morgan fingerprint density at radius 1 is 1.33 bits per heavy atom. The lowest BCUT2D eigenvalue weighted by Gasteiger charge is -2.25.